The second kappa shape index (κ2) is 10.7. The number of ether oxygens (including phenoxy) is 2. The fourth-order valence-corrected chi connectivity index (χ4v) is 3.49. The van der Waals surface area contributed by atoms with Crippen LogP contribution in [0.5, 0.6) is 11.5 Å². The average Bonchev–Trinajstić information content (AvgIpc) is 2.82. The highest BCUT2D eigenvalue weighted by molar-refractivity contribution is 5.93. The minimum atomic E-state index is -0.585. The van der Waals surface area contributed by atoms with E-state index in [4.69, 9.17) is 9.47 Å². The number of carbonyl (C=O) groups excluding carboxylic acids is 4. The predicted octanol–water partition coefficient (Wildman–Crippen LogP) is 5.97. The first-order chi connectivity index (χ1) is 17.0. The zero-order valence-electron chi connectivity index (χ0n) is 20.5. The second-order valence-electron chi connectivity index (χ2n) is 9.10. The van der Waals surface area contributed by atoms with Gasteiger partial charge in [0.15, 0.2) is 0 Å². The highest BCUT2D eigenvalue weighted by Gasteiger charge is 2.23. The molecule has 3 rings (SSSR count). The lowest BCUT2D eigenvalue weighted by Gasteiger charge is -2.23. The van der Waals surface area contributed by atoms with Gasteiger partial charge in [0.1, 0.15) is 11.5 Å². The molecule has 0 unspecified atom stereocenters. The molecule has 0 heterocycles. The molecule has 0 saturated heterocycles. The van der Waals surface area contributed by atoms with Gasteiger partial charge in [0.25, 0.3) is 0 Å². The fourth-order valence-electron chi connectivity index (χ4n) is 3.49. The van der Waals surface area contributed by atoms with Crippen LogP contribution in [0.15, 0.2) is 64.6 Å². The van der Waals surface area contributed by atoms with Gasteiger partial charge in [-0.2, -0.15) is 9.98 Å². The first kappa shape index (κ1) is 26.0. The standard InChI is InChI=1S/C28H24N2O6/c1-17-12-19(6-9-23(17)29-15-31)26(33)35-21-8-11-25(22(14-21)28(3,4)5)36-27(34)20-7-10-24(30-16-32)18(2)13-20/h6-14H,1-5H3. The molecule has 36 heavy (non-hydrogen) atoms. The number of isocyanates is 2. The summed E-state index contributed by atoms with van der Waals surface area (Å²) in [5.41, 5.74) is 2.91. The largest absolute Gasteiger partial charge is 0.423 e. The van der Waals surface area contributed by atoms with E-state index in [9.17, 15) is 19.2 Å². The maximum Gasteiger partial charge on any atom is 0.343 e. The SMILES string of the molecule is Cc1cc(C(=O)Oc2ccc(OC(=O)c3ccc(N=C=O)c(C)c3)c(C(C)(C)C)c2)ccc1N=C=O. The molecule has 0 amide bonds. The van der Waals surface area contributed by atoms with Crippen LogP contribution in [0.1, 0.15) is 58.2 Å². The molecule has 0 aliphatic heterocycles. The van der Waals surface area contributed by atoms with Crippen molar-refractivity contribution in [3.05, 3.63) is 82.4 Å². The van der Waals surface area contributed by atoms with Crippen LogP contribution in [-0.4, -0.2) is 24.1 Å². The van der Waals surface area contributed by atoms with Crippen molar-refractivity contribution in [3.63, 3.8) is 0 Å². The molecule has 3 aromatic rings. The van der Waals surface area contributed by atoms with Gasteiger partial charge in [0.05, 0.1) is 22.5 Å². The topological polar surface area (TPSA) is 111 Å². The van der Waals surface area contributed by atoms with Gasteiger partial charge in [0.2, 0.25) is 12.2 Å². The smallest absolute Gasteiger partial charge is 0.343 e. The Kier molecular flexibility index (Phi) is 7.75. The van der Waals surface area contributed by atoms with Crippen molar-refractivity contribution in [3.8, 4) is 11.5 Å². The third kappa shape index (κ3) is 6.07. The molecule has 0 atom stereocenters. The van der Waals surface area contributed by atoms with E-state index in [-0.39, 0.29) is 5.75 Å². The molecule has 182 valence electrons. The molecular formula is C28H24N2O6. The number of hydrogen-bond donors (Lipinski definition) is 0. The molecule has 8 nitrogen and oxygen atoms in total. The third-order valence-electron chi connectivity index (χ3n) is 5.37. The van der Waals surface area contributed by atoms with Crippen molar-refractivity contribution in [2.45, 2.75) is 40.0 Å². The molecule has 0 bridgehead atoms. The van der Waals surface area contributed by atoms with E-state index >= 15 is 0 Å². The van der Waals surface area contributed by atoms with E-state index in [1.165, 1.54) is 24.3 Å². The molecule has 0 aliphatic carbocycles. The van der Waals surface area contributed by atoms with Crippen LogP contribution in [0.3, 0.4) is 0 Å². The Labute approximate surface area is 208 Å². The highest BCUT2D eigenvalue weighted by atomic mass is 16.5. The van der Waals surface area contributed by atoms with E-state index in [0.29, 0.717) is 44.9 Å². The molecule has 3 aromatic carbocycles. The Hall–Kier alpha value is -4.64. The van der Waals surface area contributed by atoms with Crippen LogP contribution in [0.25, 0.3) is 0 Å². The van der Waals surface area contributed by atoms with Gasteiger partial charge in [-0.25, -0.2) is 19.2 Å². The number of rotatable bonds is 6. The molecule has 0 radical (unpaired) electrons. The minimum absolute atomic E-state index is 0.282. The molecule has 8 heteroatoms. The summed E-state index contributed by atoms with van der Waals surface area (Å²) in [6.45, 7) is 9.27. The van der Waals surface area contributed by atoms with Crippen LogP contribution < -0.4 is 9.47 Å². The lowest BCUT2D eigenvalue weighted by Crippen LogP contribution is -2.17. The van der Waals surface area contributed by atoms with Gasteiger partial charge in [-0.3, -0.25) is 0 Å². The first-order valence-corrected chi connectivity index (χ1v) is 11.0. The minimum Gasteiger partial charge on any atom is -0.423 e. The summed E-state index contributed by atoms with van der Waals surface area (Å²) in [6.07, 6.45) is 2.96. The maximum absolute atomic E-state index is 12.8. The van der Waals surface area contributed by atoms with Crippen LogP contribution >= 0.6 is 0 Å². The van der Waals surface area contributed by atoms with Crippen molar-refractivity contribution in [2.75, 3.05) is 0 Å². The molecular weight excluding hydrogens is 460 g/mol. The Morgan fingerprint density at radius 3 is 1.67 bits per heavy atom. The number of carbonyl (C=O) groups is 2. The number of hydrogen-bond acceptors (Lipinski definition) is 8. The summed E-state index contributed by atoms with van der Waals surface area (Å²) >= 11 is 0. The second-order valence-corrected chi connectivity index (χ2v) is 9.10. The van der Waals surface area contributed by atoms with Crippen LogP contribution in [0, 0.1) is 13.8 Å². The van der Waals surface area contributed by atoms with Gasteiger partial charge in [-0.1, -0.05) is 20.8 Å². The molecule has 0 aliphatic rings. The van der Waals surface area contributed by atoms with Crippen LogP contribution in [0.2, 0.25) is 0 Å². The third-order valence-corrected chi connectivity index (χ3v) is 5.37. The van der Waals surface area contributed by atoms with Gasteiger partial charge in [-0.05, 0) is 85.0 Å². The monoisotopic (exact) mass is 484 g/mol. The van der Waals surface area contributed by atoms with Crippen molar-refractivity contribution in [1.29, 1.82) is 0 Å². The number of benzene rings is 3. The van der Waals surface area contributed by atoms with E-state index in [2.05, 4.69) is 9.98 Å². The van der Waals surface area contributed by atoms with Crippen molar-refractivity contribution >= 4 is 35.5 Å². The van der Waals surface area contributed by atoms with Gasteiger partial charge >= 0.3 is 11.9 Å². The van der Waals surface area contributed by atoms with Crippen molar-refractivity contribution < 1.29 is 28.7 Å². The fraction of sp³-hybridized carbons (Fsp3) is 0.214. The Bertz CT molecular complexity index is 1440. The number of aliphatic imine (C=N–C) groups is 2. The lowest BCUT2D eigenvalue weighted by molar-refractivity contribution is 0.0716. The summed E-state index contributed by atoms with van der Waals surface area (Å²) < 4.78 is 11.2. The summed E-state index contributed by atoms with van der Waals surface area (Å²) in [7, 11) is 0. The Balaban J connectivity index is 1.86. The average molecular weight is 485 g/mol. The van der Waals surface area contributed by atoms with Crippen molar-refractivity contribution in [2.24, 2.45) is 9.98 Å². The van der Waals surface area contributed by atoms with Crippen molar-refractivity contribution in [1.82, 2.24) is 0 Å². The van der Waals surface area contributed by atoms with E-state index in [0.717, 1.165) is 0 Å². The maximum atomic E-state index is 12.8. The molecule has 0 fully saturated rings. The zero-order valence-corrected chi connectivity index (χ0v) is 20.5. The molecule has 0 saturated carbocycles. The van der Waals surface area contributed by atoms with Crippen LogP contribution in [0.4, 0.5) is 11.4 Å². The van der Waals surface area contributed by atoms with E-state index < -0.39 is 17.4 Å². The first-order valence-electron chi connectivity index (χ1n) is 11.0. The summed E-state index contributed by atoms with van der Waals surface area (Å²) in [4.78, 5) is 53.7. The van der Waals surface area contributed by atoms with E-state index in [1.807, 2.05) is 20.8 Å². The molecule has 0 aromatic heterocycles. The van der Waals surface area contributed by atoms with Gasteiger partial charge in [-0.15, -0.1) is 0 Å². The van der Waals surface area contributed by atoms with Crippen LogP contribution in [-0.2, 0) is 15.0 Å². The predicted molar refractivity (Wildman–Crippen MR) is 133 cm³/mol. The van der Waals surface area contributed by atoms with Gasteiger partial charge in [0, 0.05) is 5.56 Å². The molecule has 0 spiro atoms. The number of esters is 2. The van der Waals surface area contributed by atoms with Gasteiger partial charge < -0.3 is 9.47 Å². The Morgan fingerprint density at radius 2 is 1.22 bits per heavy atom. The lowest BCUT2D eigenvalue weighted by atomic mass is 9.86. The Morgan fingerprint density at radius 1 is 0.722 bits per heavy atom. The highest BCUT2D eigenvalue weighted by Crippen LogP contribution is 2.35. The summed E-state index contributed by atoms with van der Waals surface area (Å²) in [5, 5.41) is 0. The zero-order chi connectivity index (χ0) is 26.5. The number of aryl methyl sites for hydroxylation is 2. The normalized spacial score (nSPS) is 10.6. The number of nitrogens with zero attached hydrogens (tertiary/aromatic N) is 2. The van der Waals surface area contributed by atoms with E-state index in [1.54, 1.807) is 56.3 Å². The summed E-state index contributed by atoms with van der Waals surface area (Å²) in [6, 6.07) is 14.1. The summed E-state index contributed by atoms with van der Waals surface area (Å²) in [5.74, 6) is -0.558. The quantitative estimate of drug-likeness (QED) is 0.184. The molecule has 0 N–H and O–H groups in total.